The maximum absolute atomic E-state index is 12.8. The van der Waals surface area contributed by atoms with Crippen molar-refractivity contribution in [2.24, 2.45) is 11.5 Å². The normalized spacial score (nSPS) is 12.8. The standard InChI is InChI=1S/C8H12FN3O/c9-5-2-1-4(6(11)3-10)8(13)7(5)12/h1-2,6,13H,3,10-12H2/t6-/m1/s1. The van der Waals surface area contributed by atoms with Crippen LogP contribution < -0.4 is 17.2 Å². The molecule has 4 nitrogen and oxygen atoms in total. The van der Waals surface area contributed by atoms with Gasteiger partial charge in [0.15, 0.2) is 0 Å². The first kappa shape index (κ1) is 9.76. The highest BCUT2D eigenvalue weighted by molar-refractivity contribution is 5.57. The van der Waals surface area contributed by atoms with Crippen LogP contribution in [0.2, 0.25) is 0 Å². The Morgan fingerprint density at radius 1 is 1.46 bits per heavy atom. The fourth-order valence-corrected chi connectivity index (χ4v) is 1.03. The van der Waals surface area contributed by atoms with E-state index >= 15 is 0 Å². The second-order valence-electron chi connectivity index (χ2n) is 2.74. The van der Waals surface area contributed by atoms with E-state index in [0.29, 0.717) is 5.56 Å². The molecule has 5 heteroatoms. The van der Waals surface area contributed by atoms with Gasteiger partial charge in [0.25, 0.3) is 0 Å². The smallest absolute Gasteiger partial charge is 0.149 e. The molecule has 1 rings (SSSR count). The van der Waals surface area contributed by atoms with Crippen molar-refractivity contribution in [1.29, 1.82) is 0 Å². The van der Waals surface area contributed by atoms with Crippen molar-refractivity contribution in [1.82, 2.24) is 0 Å². The molecule has 0 aliphatic carbocycles. The summed E-state index contributed by atoms with van der Waals surface area (Å²) in [5.41, 5.74) is 16.2. The molecule has 72 valence electrons. The van der Waals surface area contributed by atoms with Crippen molar-refractivity contribution in [2.45, 2.75) is 6.04 Å². The van der Waals surface area contributed by atoms with Crippen LogP contribution in [0.5, 0.6) is 5.75 Å². The van der Waals surface area contributed by atoms with Gasteiger partial charge in [-0.15, -0.1) is 0 Å². The van der Waals surface area contributed by atoms with Gasteiger partial charge >= 0.3 is 0 Å². The van der Waals surface area contributed by atoms with E-state index in [0.717, 1.165) is 6.07 Å². The summed E-state index contributed by atoms with van der Waals surface area (Å²) in [5, 5.41) is 9.38. The van der Waals surface area contributed by atoms with Gasteiger partial charge < -0.3 is 22.3 Å². The summed E-state index contributed by atoms with van der Waals surface area (Å²) >= 11 is 0. The van der Waals surface area contributed by atoms with Crippen molar-refractivity contribution >= 4 is 5.69 Å². The zero-order valence-corrected chi connectivity index (χ0v) is 7.00. The fraction of sp³-hybridized carbons (Fsp3) is 0.250. The molecule has 1 atom stereocenters. The van der Waals surface area contributed by atoms with Crippen molar-refractivity contribution in [2.75, 3.05) is 12.3 Å². The Morgan fingerprint density at radius 2 is 2.08 bits per heavy atom. The number of benzene rings is 1. The molecule has 0 heterocycles. The van der Waals surface area contributed by atoms with Crippen molar-refractivity contribution in [3.8, 4) is 5.75 Å². The number of rotatable bonds is 2. The molecule has 0 radical (unpaired) electrons. The molecule has 0 amide bonds. The minimum absolute atomic E-state index is 0.165. The summed E-state index contributed by atoms with van der Waals surface area (Å²) in [4.78, 5) is 0. The summed E-state index contributed by atoms with van der Waals surface area (Å²) in [5.74, 6) is -0.983. The van der Waals surface area contributed by atoms with Crippen LogP contribution in [0.3, 0.4) is 0 Å². The topological polar surface area (TPSA) is 98.3 Å². The Hall–Kier alpha value is -1.33. The Morgan fingerprint density at radius 3 is 2.62 bits per heavy atom. The van der Waals surface area contributed by atoms with Crippen LogP contribution in [0.15, 0.2) is 12.1 Å². The van der Waals surface area contributed by atoms with Crippen molar-refractivity contribution in [3.05, 3.63) is 23.5 Å². The number of nitrogens with two attached hydrogens (primary N) is 3. The predicted molar refractivity (Wildman–Crippen MR) is 48.5 cm³/mol. The number of hydrogen-bond donors (Lipinski definition) is 4. The van der Waals surface area contributed by atoms with Gasteiger partial charge in [-0.2, -0.15) is 0 Å². The maximum Gasteiger partial charge on any atom is 0.149 e. The third-order valence-electron chi connectivity index (χ3n) is 1.85. The average Bonchev–Trinajstić information content (AvgIpc) is 2.13. The largest absolute Gasteiger partial charge is 0.505 e. The maximum atomic E-state index is 12.8. The molecule has 0 aliphatic heterocycles. The van der Waals surface area contributed by atoms with Crippen LogP contribution in [-0.2, 0) is 0 Å². The molecule has 0 aliphatic rings. The zero-order valence-electron chi connectivity index (χ0n) is 7.00. The Labute approximate surface area is 75.1 Å². The molecule has 0 unspecified atom stereocenters. The first-order valence-corrected chi connectivity index (χ1v) is 3.80. The summed E-state index contributed by atoms with van der Waals surface area (Å²) < 4.78 is 12.8. The lowest BCUT2D eigenvalue weighted by atomic mass is 10.1. The summed E-state index contributed by atoms with van der Waals surface area (Å²) in [6.45, 7) is 0.165. The van der Waals surface area contributed by atoms with E-state index in [1.54, 1.807) is 0 Å². The van der Waals surface area contributed by atoms with E-state index in [9.17, 15) is 9.50 Å². The molecular formula is C8H12FN3O. The first-order chi connectivity index (χ1) is 6.07. The monoisotopic (exact) mass is 185 g/mol. The summed E-state index contributed by atoms with van der Waals surface area (Å²) in [6, 6.07) is 2.00. The van der Waals surface area contributed by atoms with Gasteiger partial charge in [0, 0.05) is 18.2 Å². The highest BCUT2D eigenvalue weighted by Crippen LogP contribution is 2.30. The molecule has 0 aromatic heterocycles. The number of halogens is 1. The molecule has 0 saturated carbocycles. The van der Waals surface area contributed by atoms with Crippen LogP contribution in [-0.4, -0.2) is 11.7 Å². The zero-order chi connectivity index (χ0) is 10.0. The van der Waals surface area contributed by atoms with E-state index < -0.39 is 11.9 Å². The lowest BCUT2D eigenvalue weighted by molar-refractivity contribution is 0.459. The van der Waals surface area contributed by atoms with Gasteiger partial charge in [-0.25, -0.2) is 4.39 Å². The van der Waals surface area contributed by atoms with Crippen LogP contribution in [0.4, 0.5) is 10.1 Å². The van der Waals surface area contributed by atoms with Gasteiger partial charge in [0.05, 0.1) is 0 Å². The minimum atomic E-state index is -0.662. The lowest BCUT2D eigenvalue weighted by Gasteiger charge is -2.12. The van der Waals surface area contributed by atoms with Crippen molar-refractivity contribution < 1.29 is 9.50 Å². The molecular weight excluding hydrogens is 173 g/mol. The van der Waals surface area contributed by atoms with Crippen molar-refractivity contribution in [3.63, 3.8) is 0 Å². The third-order valence-corrected chi connectivity index (χ3v) is 1.85. The van der Waals surface area contributed by atoms with E-state index in [2.05, 4.69) is 0 Å². The third kappa shape index (κ3) is 1.71. The Balaban J connectivity index is 3.18. The van der Waals surface area contributed by atoms with Gasteiger partial charge in [-0.3, -0.25) is 0 Å². The highest BCUT2D eigenvalue weighted by atomic mass is 19.1. The highest BCUT2D eigenvalue weighted by Gasteiger charge is 2.13. The van der Waals surface area contributed by atoms with Crippen LogP contribution in [0.25, 0.3) is 0 Å². The minimum Gasteiger partial charge on any atom is -0.505 e. The lowest BCUT2D eigenvalue weighted by Crippen LogP contribution is -2.21. The molecule has 7 N–H and O–H groups in total. The molecule has 1 aromatic carbocycles. The van der Waals surface area contributed by atoms with Gasteiger partial charge in [0.1, 0.15) is 17.3 Å². The summed E-state index contributed by atoms with van der Waals surface area (Å²) in [7, 11) is 0. The van der Waals surface area contributed by atoms with E-state index in [-0.39, 0.29) is 18.0 Å². The van der Waals surface area contributed by atoms with E-state index in [1.165, 1.54) is 6.07 Å². The van der Waals surface area contributed by atoms with E-state index in [4.69, 9.17) is 17.2 Å². The van der Waals surface area contributed by atoms with Crippen LogP contribution in [0, 0.1) is 5.82 Å². The fourth-order valence-electron chi connectivity index (χ4n) is 1.03. The Kier molecular flexibility index (Phi) is 2.69. The average molecular weight is 185 g/mol. The molecule has 0 fully saturated rings. The second kappa shape index (κ2) is 3.59. The number of nitrogen functional groups attached to an aromatic ring is 1. The number of phenols is 1. The summed E-state index contributed by atoms with van der Waals surface area (Å²) in [6.07, 6.45) is 0. The molecule has 13 heavy (non-hydrogen) atoms. The number of phenolic OH excluding ortho intramolecular Hbond substituents is 1. The first-order valence-electron chi connectivity index (χ1n) is 3.80. The molecule has 0 spiro atoms. The molecule has 0 bridgehead atoms. The number of hydrogen-bond acceptors (Lipinski definition) is 4. The SMILES string of the molecule is NC[C@@H](N)c1ccc(F)c(N)c1O. The molecule has 1 aromatic rings. The Bertz CT molecular complexity index is 317. The second-order valence-corrected chi connectivity index (χ2v) is 2.74. The molecule has 0 saturated heterocycles. The van der Waals surface area contributed by atoms with Gasteiger partial charge in [-0.1, -0.05) is 6.07 Å². The van der Waals surface area contributed by atoms with Crippen LogP contribution >= 0.6 is 0 Å². The van der Waals surface area contributed by atoms with Crippen LogP contribution in [0.1, 0.15) is 11.6 Å². The predicted octanol–water partition coefficient (Wildman–Crippen LogP) is 0.0720. The van der Waals surface area contributed by atoms with E-state index in [1.807, 2.05) is 0 Å². The number of anilines is 1. The van der Waals surface area contributed by atoms with Gasteiger partial charge in [0.2, 0.25) is 0 Å². The quantitative estimate of drug-likeness (QED) is 0.387. The number of aromatic hydroxyl groups is 1. The van der Waals surface area contributed by atoms with Gasteiger partial charge in [-0.05, 0) is 6.07 Å².